The van der Waals surface area contributed by atoms with Gasteiger partial charge in [-0.05, 0) is 32.4 Å². The maximum Gasteiger partial charge on any atom is 0.191 e. The molecule has 1 aromatic heterocycles. The second-order valence-electron chi connectivity index (χ2n) is 6.81. The molecule has 1 fully saturated rings. The number of hydrogen-bond donors (Lipinski definition) is 3. The van der Waals surface area contributed by atoms with Crippen LogP contribution in [0.4, 0.5) is 0 Å². The van der Waals surface area contributed by atoms with Crippen LogP contribution in [-0.2, 0) is 4.74 Å². The summed E-state index contributed by atoms with van der Waals surface area (Å²) in [7, 11) is 1.76. The van der Waals surface area contributed by atoms with E-state index >= 15 is 0 Å². The molecule has 3 N–H and O–H groups in total. The van der Waals surface area contributed by atoms with Gasteiger partial charge in [0.05, 0.1) is 18.4 Å². The van der Waals surface area contributed by atoms with Crippen molar-refractivity contribution in [2.75, 3.05) is 20.2 Å². The molecule has 0 aromatic carbocycles. The highest BCUT2D eigenvalue weighted by Crippen LogP contribution is 2.51. The number of aliphatic hydroxyl groups is 1. The summed E-state index contributed by atoms with van der Waals surface area (Å²) in [5.41, 5.74) is -0.132. The summed E-state index contributed by atoms with van der Waals surface area (Å²) in [5.74, 6) is 1.23. The van der Waals surface area contributed by atoms with Gasteiger partial charge in [0, 0.05) is 25.1 Å². The minimum atomic E-state index is -0.737. The minimum absolute atomic E-state index is 0. The second-order valence-corrected chi connectivity index (χ2v) is 6.81. The number of nitrogens with one attached hydrogen (secondary N) is 2. The molecule has 0 aliphatic heterocycles. The Bertz CT molecular complexity index is 533. The highest BCUT2D eigenvalue weighted by molar-refractivity contribution is 14.0. The van der Waals surface area contributed by atoms with Gasteiger partial charge in [-0.15, -0.1) is 24.0 Å². The van der Waals surface area contributed by atoms with Gasteiger partial charge in [0.2, 0.25) is 0 Å². The average molecular weight is 451 g/mol. The van der Waals surface area contributed by atoms with Crippen LogP contribution in [0.5, 0.6) is 0 Å². The van der Waals surface area contributed by atoms with Crippen molar-refractivity contribution in [2.24, 2.45) is 10.4 Å². The van der Waals surface area contributed by atoms with E-state index in [0.717, 1.165) is 13.0 Å². The second kappa shape index (κ2) is 8.53. The fourth-order valence-electron chi connectivity index (χ4n) is 2.96. The molecule has 0 bridgehead atoms. The Morgan fingerprint density at radius 3 is 2.71 bits per heavy atom. The predicted octanol–water partition coefficient (Wildman–Crippen LogP) is 2.69. The molecule has 1 aliphatic rings. The Hall–Kier alpha value is -0.800. The first kappa shape index (κ1) is 21.2. The number of rotatable bonds is 6. The van der Waals surface area contributed by atoms with E-state index in [-0.39, 0.29) is 47.6 Å². The van der Waals surface area contributed by atoms with E-state index in [1.165, 1.54) is 0 Å². The molecule has 0 amide bonds. The van der Waals surface area contributed by atoms with Gasteiger partial charge in [-0.2, -0.15) is 0 Å². The average Bonchev–Trinajstić information content (AvgIpc) is 3.06. The number of aliphatic imine (C=N–C) groups is 1. The molecule has 1 aromatic rings. The Labute approximate surface area is 161 Å². The van der Waals surface area contributed by atoms with Crippen LogP contribution in [-0.4, -0.2) is 42.9 Å². The number of furan rings is 1. The highest BCUT2D eigenvalue weighted by Gasteiger charge is 2.58. The maximum atomic E-state index is 10.1. The van der Waals surface area contributed by atoms with Crippen molar-refractivity contribution in [1.82, 2.24) is 10.6 Å². The third-order valence-electron chi connectivity index (χ3n) is 5.23. The van der Waals surface area contributed by atoms with E-state index in [1.807, 2.05) is 6.92 Å². The van der Waals surface area contributed by atoms with Gasteiger partial charge >= 0.3 is 0 Å². The minimum Gasteiger partial charge on any atom is -0.467 e. The summed E-state index contributed by atoms with van der Waals surface area (Å²) in [6.45, 7) is 9.55. The topological polar surface area (TPSA) is 79.0 Å². The summed E-state index contributed by atoms with van der Waals surface area (Å²) in [6.07, 6.45) is 1.73. The zero-order valence-corrected chi connectivity index (χ0v) is 17.5. The molecule has 0 saturated heterocycles. The molecule has 24 heavy (non-hydrogen) atoms. The summed E-state index contributed by atoms with van der Waals surface area (Å²) in [5, 5.41) is 16.8. The van der Waals surface area contributed by atoms with Crippen molar-refractivity contribution in [3.63, 3.8) is 0 Å². The van der Waals surface area contributed by atoms with E-state index in [0.29, 0.717) is 11.7 Å². The van der Waals surface area contributed by atoms with Gasteiger partial charge in [0.1, 0.15) is 11.9 Å². The third-order valence-corrected chi connectivity index (χ3v) is 5.23. The van der Waals surface area contributed by atoms with Crippen molar-refractivity contribution in [1.29, 1.82) is 0 Å². The van der Waals surface area contributed by atoms with Crippen LogP contribution in [0.2, 0.25) is 0 Å². The fraction of sp³-hybridized carbons (Fsp3) is 0.706. The Morgan fingerprint density at radius 2 is 2.21 bits per heavy atom. The van der Waals surface area contributed by atoms with E-state index in [9.17, 15) is 5.11 Å². The summed E-state index contributed by atoms with van der Waals surface area (Å²) >= 11 is 0. The van der Waals surface area contributed by atoms with Crippen LogP contribution in [0.1, 0.15) is 46.0 Å². The predicted molar refractivity (Wildman–Crippen MR) is 106 cm³/mol. The lowest BCUT2D eigenvalue weighted by molar-refractivity contribution is -0.176. The number of methoxy groups -OCH3 is 1. The molecule has 2 rings (SSSR count). The monoisotopic (exact) mass is 451 g/mol. The zero-order valence-electron chi connectivity index (χ0n) is 15.1. The summed E-state index contributed by atoms with van der Waals surface area (Å²) in [6, 6.07) is 3.78. The van der Waals surface area contributed by atoms with Crippen molar-refractivity contribution >= 4 is 29.9 Å². The van der Waals surface area contributed by atoms with E-state index in [2.05, 4.69) is 36.4 Å². The Kier molecular flexibility index (Phi) is 7.55. The van der Waals surface area contributed by atoms with Crippen molar-refractivity contribution in [3.8, 4) is 0 Å². The van der Waals surface area contributed by atoms with Crippen LogP contribution in [0.3, 0.4) is 0 Å². The number of guanidine groups is 1. The Balaban J connectivity index is 0.00000288. The molecule has 1 heterocycles. The van der Waals surface area contributed by atoms with Crippen LogP contribution >= 0.6 is 24.0 Å². The quantitative estimate of drug-likeness (QED) is 0.352. The molecular formula is C17H30IN3O3. The summed E-state index contributed by atoms with van der Waals surface area (Å²) in [4.78, 5) is 4.47. The van der Waals surface area contributed by atoms with E-state index < -0.39 is 6.10 Å². The van der Waals surface area contributed by atoms with Crippen molar-refractivity contribution in [3.05, 3.63) is 24.2 Å². The van der Waals surface area contributed by atoms with Crippen LogP contribution < -0.4 is 10.6 Å². The molecule has 0 radical (unpaired) electrons. The van der Waals surface area contributed by atoms with E-state index in [1.54, 1.807) is 25.5 Å². The number of nitrogens with zero attached hydrogens (tertiary/aromatic N) is 1. The van der Waals surface area contributed by atoms with Crippen molar-refractivity contribution < 1.29 is 14.3 Å². The lowest BCUT2D eigenvalue weighted by Crippen LogP contribution is -2.69. The van der Waals surface area contributed by atoms with Gasteiger partial charge in [0.25, 0.3) is 0 Å². The molecular weight excluding hydrogens is 421 g/mol. The fourth-order valence-corrected chi connectivity index (χ4v) is 2.96. The van der Waals surface area contributed by atoms with Crippen LogP contribution in [0.15, 0.2) is 27.8 Å². The molecule has 3 atom stereocenters. The molecule has 138 valence electrons. The van der Waals surface area contributed by atoms with Gasteiger partial charge in [-0.1, -0.05) is 13.8 Å². The lowest BCUT2D eigenvalue weighted by Gasteiger charge is -2.59. The number of aliphatic hydroxyl groups excluding tert-OH is 1. The van der Waals surface area contributed by atoms with Gasteiger partial charge in [-0.25, -0.2) is 0 Å². The van der Waals surface area contributed by atoms with Gasteiger partial charge in [0.15, 0.2) is 5.96 Å². The third kappa shape index (κ3) is 4.23. The smallest absolute Gasteiger partial charge is 0.191 e. The highest BCUT2D eigenvalue weighted by atomic mass is 127. The number of ether oxygens (including phenoxy) is 1. The molecule has 3 unspecified atom stereocenters. The molecule has 0 spiro atoms. The van der Waals surface area contributed by atoms with E-state index in [4.69, 9.17) is 9.15 Å². The van der Waals surface area contributed by atoms with Crippen LogP contribution in [0.25, 0.3) is 0 Å². The number of hydrogen-bond acceptors (Lipinski definition) is 4. The SMILES string of the molecule is CCNC(=NCC(O)c1ccco1)NC1CC(C)(OC)C1(C)C.I. The maximum absolute atomic E-state index is 10.1. The molecule has 6 nitrogen and oxygen atoms in total. The zero-order chi connectivity index (χ0) is 17.1. The molecule has 1 saturated carbocycles. The largest absolute Gasteiger partial charge is 0.467 e. The normalized spacial score (nSPS) is 26.9. The first-order valence-corrected chi connectivity index (χ1v) is 8.15. The van der Waals surface area contributed by atoms with Crippen molar-refractivity contribution in [2.45, 2.75) is 51.9 Å². The van der Waals surface area contributed by atoms with Crippen LogP contribution in [0, 0.1) is 5.41 Å². The first-order chi connectivity index (χ1) is 10.8. The first-order valence-electron chi connectivity index (χ1n) is 8.15. The van der Waals surface area contributed by atoms with Gasteiger partial charge < -0.3 is 24.9 Å². The van der Waals surface area contributed by atoms with Gasteiger partial charge in [-0.3, -0.25) is 4.99 Å². The number of halogens is 1. The molecule has 7 heteroatoms. The summed E-state index contributed by atoms with van der Waals surface area (Å²) < 4.78 is 10.9. The standard InChI is InChI=1S/C17H29N3O3.HI/c1-6-18-15(19-11-12(21)13-8-7-9-23-13)20-14-10-17(4,22-5)16(14,2)3;/h7-9,12,14,21H,6,10-11H2,1-5H3,(H2,18,19,20);1H. The lowest BCUT2D eigenvalue weighted by atomic mass is 9.56. The molecule has 1 aliphatic carbocycles. The Morgan fingerprint density at radius 1 is 1.50 bits per heavy atom.